The van der Waals surface area contributed by atoms with Gasteiger partial charge in [-0.25, -0.2) is 4.98 Å². The molecule has 0 unspecified atom stereocenters. The zero-order valence-corrected chi connectivity index (χ0v) is 9.25. The lowest BCUT2D eigenvalue weighted by molar-refractivity contribution is 0.101. The second kappa shape index (κ2) is 4.36. The van der Waals surface area contributed by atoms with Crippen LogP contribution in [0.15, 0.2) is 35.7 Å². The molecule has 0 fully saturated rings. The summed E-state index contributed by atoms with van der Waals surface area (Å²) >= 11 is 1.54. The molecule has 0 N–H and O–H groups in total. The van der Waals surface area contributed by atoms with Gasteiger partial charge in [-0.2, -0.15) is 0 Å². The van der Waals surface area contributed by atoms with Crippen LogP contribution in [0.1, 0.15) is 28.0 Å². The van der Waals surface area contributed by atoms with Gasteiger partial charge in [0.15, 0.2) is 5.78 Å². The van der Waals surface area contributed by atoms with Crippen molar-refractivity contribution in [3.05, 3.63) is 52.0 Å². The molecule has 0 aliphatic heterocycles. The molecule has 0 saturated heterocycles. The lowest BCUT2D eigenvalue weighted by Gasteiger charge is -1.95. The number of Topliss-reactive ketones (excluding diaryl/α,β-unsaturated/α-hetero) is 1. The molecule has 2 rings (SSSR count). The average Bonchev–Trinajstić information content (AvgIpc) is 2.68. The van der Waals surface area contributed by atoms with Gasteiger partial charge < -0.3 is 0 Å². The van der Waals surface area contributed by atoms with Crippen molar-refractivity contribution in [3.63, 3.8) is 0 Å². The van der Waals surface area contributed by atoms with Crippen molar-refractivity contribution in [1.82, 2.24) is 4.98 Å². The second-order valence-electron chi connectivity index (χ2n) is 3.35. The standard InChI is InChI=1S/C12H11NOS/c1-9(14)11-8-15-12(13-11)7-10-5-3-2-4-6-10/h2-6,8H,7H2,1H3. The Morgan fingerprint density at radius 2 is 2.07 bits per heavy atom. The molecular formula is C12H11NOS. The molecule has 0 aliphatic rings. The third-order valence-electron chi connectivity index (χ3n) is 2.11. The number of hydrogen-bond acceptors (Lipinski definition) is 3. The molecule has 0 saturated carbocycles. The van der Waals surface area contributed by atoms with E-state index in [0.29, 0.717) is 5.69 Å². The number of ketones is 1. The molecule has 0 amide bonds. The smallest absolute Gasteiger partial charge is 0.178 e. The average molecular weight is 217 g/mol. The molecule has 2 aromatic rings. The maximum absolute atomic E-state index is 11.1. The zero-order chi connectivity index (χ0) is 10.7. The molecule has 76 valence electrons. The van der Waals surface area contributed by atoms with Crippen LogP contribution >= 0.6 is 11.3 Å². The van der Waals surface area contributed by atoms with Gasteiger partial charge in [0, 0.05) is 18.7 Å². The van der Waals surface area contributed by atoms with E-state index in [4.69, 9.17) is 0 Å². The van der Waals surface area contributed by atoms with Crippen LogP contribution in [0.25, 0.3) is 0 Å². The molecule has 0 atom stereocenters. The van der Waals surface area contributed by atoms with E-state index < -0.39 is 0 Å². The summed E-state index contributed by atoms with van der Waals surface area (Å²) in [6.07, 6.45) is 0.804. The Morgan fingerprint density at radius 1 is 1.33 bits per heavy atom. The number of nitrogens with zero attached hydrogens (tertiary/aromatic N) is 1. The van der Waals surface area contributed by atoms with Crippen LogP contribution < -0.4 is 0 Å². The minimum Gasteiger partial charge on any atom is -0.293 e. The Kier molecular flexibility index (Phi) is 2.92. The summed E-state index contributed by atoms with van der Waals surface area (Å²) in [5, 5.41) is 2.81. The Labute approximate surface area is 92.6 Å². The van der Waals surface area contributed by atoms with Crippen molar-refractivity contribution in [2.75, 3.05) is 0 Å². The minimum absolute atomic E-state index is 0.0329. The molecule has 0 spiro atoms. The third-order valence-corrected chi connectivity index (χ3v) is 2.96. The quantitative estimate of drug-likeness (QED) is 0.740. The molecule has 0 radical (unpaired) electrons. The number of aromatic nitrogens is 1. The number of benzene rings is 1. The van der Waals surface area contributed by atoms with Crippen molar-refractivity contribution in [2.45, 2.75) is 13.3 Å². The fourth-order valence-electron chi connectivity index (χ4n) is 1.32. The molecular weight excluding hydrogens is 206 g/mol. The molecule has 1 aromatic carbocycles. The largest absolute Gasteiger partial charge is 0.293 e. The fourth-order valence-corrected chi connectivity index (χ4v) is 2.19. The first kappa shape index (κ1) is 10.1. The molecule has 2 nitrogen and oxygen atoms in total. The first-order chi connectivity index (χ1) is 7.25. The van der Waals surface area contributed by atoms with E-state index in [0.717, 1.165) is 11.4 Å². The summed E-state index contributed by atoms with van der Waals surface area (Å²) in [4.78, 5) is 15.3. The topological polar surface area (TPSA) is 30.0 Å². The molecule has 0 bridgehead atoms. The van der Waals surface area contributed by atoms with Gasteiger partial charge in [0.2, 0.25) is 0 Å². The lowest BCUT2D eigenvalue weighted by Crippen LogP contribution is -1.93. The van der Waals surface area contributed by atoms with E-state index >= 15 is 0 Å². The van der Waals surface area contributed by atoms with E-state index in [-0.39, 0.29) is 5.78 Å². The molecule has 1 heterocycles. The van der Waals surface area contributed by atoms with Crippen LogP contribution in [0.4, 0.5) is 0 Å². The zero-order valence-electron chi connectivity index (χ0n) is 8.43. The number of carbonyl (C=O) groups excluding carboxylic acids is 1. The van der Waals surface area contributed by atoms with Crippen molar-refractivity contribution in [2.24, 2.45) is 0 Å². The first-order valence-corrected chi connectivity index (χ1v) is 5.63. The van der Waals surface area contributed by atoms with Crippen LogP contribution in [0.5, 0.6) is 0 Å². The predicted molar refractivity (Wildman–Crippen MR) is 61.4 cm³/mol. The van der Waals surface area contributed by atoms with Gasteiger partial charge in [0.1, 0.15) is 5.69 Å². The van der Waals surface area contributed by atoms with Gasteiger partial charge in [-0.3, -0.25) is 4.79 Å². The van der Waals surface area contributed by atoms with Gasteiger partial charge in [-0.15, -0.1) is 11.3 Å². The maximum Gasteiger partial charge on any atom is 0.178 e. The summed E-state index contributed by atoms with van der Waals surface area (Å²) in [6.45, 7) is 1.54. The highest BCUT2D eigenvalue weighted by atomic mass is 32.1. The van der Waals surface area contributed by atoms with Gasteiger partial charge >= 0.3 is 0 Å². The minimum atomic E-state index is 0.0329. The summed E-state index contributed by atoms with van der Waals surface area (Å²) in [5.41, 5.74) is 1.80. The van der Waals surface area contributed by atoms with Crippen LogP contribution in [-0.4, -0.2) is 10.8 Å². The van der Waals surface area contributed by atoms with Gasteiger partial charge in [-0.1, -0.05) is 30.3 Å². The van der Waals surface area contributed by atoms with Crippen LogP contribution in [0.2, 0.25) is 0 Å². The third kappa shape index (κ3) is 2.50. The lowest BCUT2D eigenvalue weighted by atomic mass is 10.2. The van der Waals surface area contributed by atoms with Crippen molar-refractivity contribution in [1.29, 1.82) is 0 Å². The van der Waals surface area contributed by atoms with Crippen LogP contribution in [-0.2, 0) is 6.42 Å². The fraction of sp³-hybridized carbons (Fsp3) is 0.167. The SMILES string of the molecule is CC(=O)c1csc(Cc2ccccc2)n1. The number of thiazole rings is 1. The highest BCUT2D eigenvalue weighted by Gasteiger charge is 2.05. The predicted octanol–water partition coefficient (Wildman–Crippen LogP) is 2.94. The Hall–Kier alpha value is -1.48. The molecule has 1 aromatic heterocycles. The monoisotopic (exact) mass is 217 g/mol. The molecule has 15 heavy (non-hydrogen) atoms. The van der Waals surface area contributed by atoms with Gasteiger partial charge in [-0.05, 0) is 5.56 Å². The summed E-state index contributed by atoms with van der Waals surface area (Å²) < 4.78 is 0. The summed E-state index contributed by atoms with van der Waals surface area (Å²) in [5.74, 6) is 0.0329. The van der Waals surface area contributed by atoms with Crippen molar-refractivity contribution >= 4 is 17.1 Å². The molecule has 3 heteroatoms. The Bertz CT molecular complexity index is 461. The Balaban J connectivity index is 2.15. The van der Waals surface area contributed by atoms with Crippen molar-refractivity contribution < 1.29 is 4.79 Å². The van der Waals surface area contributed by atoms with Gasteiger partial charge in [0.25, 0.3) is 0 Å². The van der Waals surface area contributed by atoms with E-state index in [1.807, 2.05) is 23.6 Å². The van der Waals surface area contributed by atoms with E-state index in [2.05, 4.69) is 17.1 Å². The van der Waals surface area contributed by atoms with E-state index in [1.54, 1.807) is 18.3 Å². The Morgan fingerprint density at radius 3 is 2.67 bits per heavy atom. The first-order valence-electron chi connectivity index (χ1n) is 4.75. The van der Waals surface area contributed by atoms with Crippen LogP contribution in [0.3, 0.4) is 0 Å². The van der Waals surface area contributed by atoms with Crippen molar-refractivity contribution in [3.8, 4) is 0 Å². The van der Waals surface area contributed by atoms with Crippen LogP contribution in [0, 0.1) is 0 Å². The summed E-state index contributed by atoms with van der Waals surface area (Å²) in [6, 6.07) is 10.1. The number of carbonyl (C=O) groups is 1. The highest BCUT2D eigenvalue weighted by Crippen LogP contribution is 2.14. The van der Waals surface area contributed by atoms with E-state index in [9.17, 15) is 4.79 Å². The maximum atomic E-state index is 11.1. The number of hydrogen-bond donors (Lipinski definition) is 0. The second-order valence-corrected chi connectivity index (χ2v) is 4.29. The van der Waals surface area contributed by atoms with E-state index in [1.165, 1.54) is 5.56 Å². The highest BCUT2D eigenvalue weighted by molar-refractivity contribution is 7.09. The van der Waals surface area contributed by atoms with Gasteiger partial charge in [0.05, 0.1) is 5.01 Å². The number of rotatable bonds is 3. The molecule has 0 aliphatic carbocycles. The summed E-state index contributed by atoms with van der Waals surface area (Å²) in [7, 11) is 0. The normalized spacial score (nSPS) is 10.2.